The Hall–Kier alpha value is -2.01. The summed E-state index contributed by atoms with van der Waals surface area (Å²) in [4.78, 5) is 9.96. The van der Waals surface area contributed by atoms with Gasteiger partial charge in [0.15, 0.2) is 0 Å². The highest BCUT2D eigenvalue weighted by Crippen LogP contribution is 2.23. The molecule has 0 aliphatic carbocycles. The molecule has 106 valence electrons. The molecule has 0 fully saturated rings. The van der Waals surface area contributed by atoms with Crippen LogP contribution in [-0.4, -0.2) is 30.6 Å². The van der Waals surface area contributed by atoms with Gasteiger partial charge in [-0.1, -0.05) is 23.7 Å². The normalized spacial score (nSPS) is 10.3. The summed E-state index contributed by atoms with van der Waals surface area (Å²) >= 11 is 6.01. The lowest BCUT2D eigenvalue weighted by molar-refractivity contribution is 0.998. The fraction of sp³-hybridized carbons (Fsp3) is 0.286. The maximum absolute atomic E-state index is 6.01. The van der Waals surface area contributed by atoms with Gasteiger partial charge in [-0.15, -0.1) is 0 Å². The van der Waals surface area contributed by atoms with Gasteiger partial charge in [-0.3, -0.25) is 0 Å². The number of hydrogen-bond acceptors (Lipinski definition) is 5. The molecule has 0 bridgehead atoms. The van der Waals surface area contributed by atoms with Crippen LogP contribution in [-0.2, 0) is 6.42 Å². The van der Waals surface area contributed by atoms with E-state index in [0.29, 0.717) is 16.7 Å². The first kappa shape index (κ1) is 14.4. The van der Waals surface area contributed by atoms with Crippen molar-refractivity contribution in [1.82, 2.24) is 9.97 Å². The van der Waals surface area contributed by atoms with Gasteiger partial charge >= 0.3 is 0 Å². The minimum atomic E-state index is 0.291. The zero-order chi connectivity index (χ0) is 14.5. The number of hydrogen-bond donors (Lipinski definition) is 2. The van der Waals surface area contributed by atoms with Crippen molar-refractivity contribution >= 4 is 28.9 Å². The molecular weight excluding hydrogens is 274 g/mol. The van der Waals surface area contributed by atoms with Gasteiger partial charge in [-0.25, -0.2) is 9.97 Å². The molecule has 2 aromatic rings. The Bertz CT molecular complexity index is 568. The summed E-state index contributed by atoms with van der Waals surface area (Å²) in [6.45, 7) is 0.734. The second-order valence-corrected chi connectivity index (χ2v) is 5.04. The van der Waals surface area contributed by atoms with Gasteiger partial charge in [0.1, 0.15) is 23.0 Å². The molecule has 2 rings (SSSR count). The lowest BCUT2D eigenvalue weighted by atomic mass is 10.1. The Morgan fingerprint density at radius 3 is 2.55 bits per heavy atom. The average Bonchev–Trinajstić information content (AvgIpc) is 2.44. The van der Waals surface area contributed by atoms with Gasteiger partial charge in [0.25, 0.3) is 0 Å². The maximum atomic E-state index is 6.01. The van der Waals surface area contributed by atoms with E-state index in [1.807, 2.05) is 14.1 Å². The maximum Gasteiger partial charge on any atom is 0.150 e. The first-order chi connectivity index (χ1) is 9.58. The van der Waals surface area contributed by atoms with Crippen molar-refractivity contribution in [2.75, 3.05) is 36.6 Å². The van der Waals surface area contributed by atoms with Crippen molar-refractivity contribution in [3.05, 3.63) is 41.2 Å². The van der Waals surface area contributed by atoms with E-state index in [4.69, 9.17) is 17.3 Å². The van der Waals surface area contributed by atoms with Crippen LogP contribution in [0.2, 0.25) is 5.02 Å². The van der Waals surface area contributed by atoms with Crippen LogP contribution < -0.4 is 16.0 Å². The Labute approximate surface area is 123 Å². The topological polar surface area (TPSA) is 67.1 Å². The van der Waals surface area contributed by atoms with E-state index in [9.17, 15) is 0 Å². The fourth-order valence-corrected chi connectivity index (χ4v) is 1.96. The predicted octanol–water partition coefficient (Wildman–Crippen LogP) is 2.43. The van der Waals surface area contributed by atoms with Crippen molar-refractivity contribution in [1.29, 1.82) is 0 Å². The lowest BCUT2D eigenvalue weighted by Gasteiger charge is -2.13. The van der Waals surface area contributed by atoms with Crippen molar-refractivity contribution in [2.24, 2.45) is 0 Å². The third-order valence-electron chi connectivity index (χ3n) is 2.98. The van der Waals surface area contributed by atoms with E-state index in [2.05, 4.69) is 44.5 Å². The molecule has 3 N–H and O–H groups in total. The SMILES string of the molecule is CN(C)c1ccc(CCNc2ncnc(N)c2Cl)cc1. The highest BCUT2D eigenvalue weighted by atomic mass is 35.5. The van der Waals surface area contributed by atoms with Crippen molar-refractivity contribution in [3.8, 4) is 0 Å². The Kier molecular flexibility index (Phi) is 4.63. The van der Waals surface area contributed by atoms with Crippen LogP contribution >= 0.6 is 11.6 Å². The summed E-state index contributed by atoms with van der Waals surface area (Å²) in [6.07, 6.45) is 2.28. The van der Waals surface area contributed by atoms with Crippen LogP contribution in [0.1, 0.15) is 5.56 Å². The first-order valence-corrected chi connectivity index (χ1v) is 6.72. The number of nitrogens with two attached hydrogens (primary N) is 1. The molecule has 0 saturated heterocycles. The minimum Gasteiger partial charge on any atom is -0.382 e. The molecule has 0 atom stereocenters. The zero-order valence-corrected chi connectivity index (χ0v) is 12.4. The van der Waals surface area contributed by atoms with E-state index in [-0.39, 0.29) is 0 Å². The average molecular weight is 292 g/mol. The third-order valence-corrected chi connectivity index (χ3v) is 3.35. The van der Waals surface area contributed by atoms with E-state index < -0.39 is 0 Å². The van der Waals surface area contributed by atoms with Gasteiger partial charge in [-0.2, -0.15) is 0 Å². The smallest absolute Gasteiger partial charge is 0.150 e. The summed E-state index contributed by atoms with van der Waals surface area (Å²) in [5, 5.41) is 3.54. The number of halogens is 1. The molecular formula is C14H18ClN5. The van der Waals surface area contributed by atoms with E-state index in [1.54, 1.807) is 0 Å². The first-order valence-electron chi connectivity index (χ1n) is 6.34. The monoisotopic (exact) mass is 291 g/mol. The predicted molar refractivity (Wildman–Crippen MR) is 84.4 cm³/mol. The Balaban J connectivity index is 1.91. The van der Waals surface area contributed by atoms with E-state index in [1.165, 1.54) is 17.6 Å². The van der Waals surface area contributed by atoms with Crippen molar-refractivity contribution < 1.29 is 0 Å². The number of nitrogens with zero attached hydrogens (tertiary/aromatic N) is 3. The number of nitrogen functional groups attached to an aromatic ring is 1. The van der Waals surface area contributed by atoms with Gasteiger partial charge in [-0.05, 0) is 24.1 Å². The third kappa shape index (κ3) is 3.51. The van der Waals surface area contributed by atoms with Gasteiger partial charge in [0.05, 0.1) is 0 Å². The summed E-state index contributed by atoms with van der Waals surface area (Å²) < 4.78 is 0. The number of aromatic nitrogens is 2. The molecule has 0 amide bonds. The van der Waals surface area contributed by atoms with Crippen LogP contribution in [0.15, 0.2) is 30.6 Å². The van der Waals surface area contributed by atoms with Crippen LogP contribution in [0, 0.1) is 0 Å². The largest absolute Gasteiger partial charge is 0.382 e. The molecule has 1 aromatic heterocycles. The number of rotatable bonds is 5. The second kappa shape index (κ2) is 6.43. The molecule has 0 aliphatic heterocycles. The van der Waals surface area contributed by atoms with Gasteiger partial charge in [0.2, 0.25) is 0 Å². The number of benzene rings is 1. The molecule has 0 aliphatic rings. The summed E-state index contributed by atoms with van der Waals surface area (Å²) in [7, 11) is 4.05. The number of nitrogens with one attached hydrogen (secondary N) is 1. The zero-order valence-electron chi connectivity index (χ0n) is 11.6. The summed E-state index contributed by atoms with van der Waals surface area (Å²) in [6, 6.07) is 8.44. The highest BCUT2D eigenvalue weighted by molar-refractivity contribution is 6.35. The summed E-state index contributed by atoms with van der Waals surface area (Å²) in [5.74, 6) is 0.864. The van der Waals surface area contributed by atoms with Crippen molar-refractivity contribution in [2.45, 2.75) is 6.42 Å². The molecule has 6 heteroatoms. The van der Waals surface area contributed by atoms with Gasteiger partial charge < -0.3 is 16.0 Å². The van der Waals surface area contributed by atoms with Crippen LogP contribution in [0.4, 0.5) is 17.3 Å². The van der Waals surface area contributed by atoms with Crippen LogP contribution in [0.3, 0.4) is 0 Å². The molecule has 0 spiro atoms. The van der Waals surface area contributed by atoms with Crippen LogP contribution in [0.25, 0.3) is 0 Å². The second-order valence-electron chi connectivity index (χ2n) is 4.66. The summed E-state index contributed by atoms with van der Waals surface area (Å²) in [5.41, 5.74) is 8.06. The molecule has 5 nitrogen and oxygen atoms in total. The molecule has 0 unspecified atom stereocenters. The minimum absolute atomic E-state index is 0.291. The highest BCUT2D eigenvalue weighted by Gasteiger charge is 2.05. The standard InChI is InChI=1S/C14H18ClN5/c1-20(2)11-5-3-10(4-6-11)7-8-17-14-12(15)13(16)18-9-19-14/h3-6,9H,7-8H2,1-2H3,(H3,16,17,18,19). The fourth-order valence-electron chi connectivity index (χ4n) is 1.79. The Morgan fingerprint density at radius 2 is 1.90 bits per heavy atom. The molecule has 1 aromatic carbocycles. The van der Waals surface area contributed by atoms with Crippen molar-refractivity contribution in [3.63, 3.8) is 0 Å². The molecule has 20 heavy (non-hydrogen) atoms. The molecule has 0 radical (unpaired) electrons. The quantitative estimate of drug-likeness (QED) is 0.885. The van der Waals surface area contributed by atoms with E-state index in [0.717, 1.165) is 13.0 Å². The van der Waals surface area contributed by atoms with E-state index >= 15 is 0 Å². The molecule has 0 saturated carbocycles. The lowest BCUT2D eigenvalue weighted by Crippen LogP contribution is -2.10. The van der Waals surface area contributed by atoms with Crippen LogP contribution in [0.5, 0.6) is 0 Å². The Morgan fingerprint density at radius 1 is 1.20 bits per heavy atom. The molecule has 1 heterocycles. The number of anilines is 3. The van der Waals surface area contributed by atoms with Gasteiger partial charge in [0, 0.05) is 26.3 Å².